The molecule has 31 heavy (non-hydrogen) atoms. The molecule has 1 aliphatic rings. The number of aromatic amines is 1. The van der Waals surface area contributed by atoms with Crippen molar-refractivity contribution in [3.8, 4) is 22.6 Å². The molecule has 1 aliphatic heterocycles. The maximum atomic E-state index is 12.4. The minimum atomic E-state index is -0.305. The molecule has 3 aromatic rings. The lowest BCUT2D eigenvalue weighted by atomic mass is 9.98. The average molecular weight is 421 g/mol. The number of carbonyl (C=O) groups excluding carboxylic acids is 1. The second kappa shape index (κ2) is 8.17. The van der Waals surface area contributed by atoms with E-state index in [4.69, 9.17) is 0 Å². The van der Waals surface area contributed by atoms with Gasteiger partial charge in [-0.15, -0.1) is 0 Å². The van der Waals surface area contributed by atoms with Gasteiger partial charge in [-0.25, -0.2) is 4.99 Å². The molecule has 7 nitrogen and oxygen atoms in total. The third-order valence-corrected chi connectivity index (χ3v) is 5.73. The Hall–Kier alpha value is -3.16. The first-order valence-corrected chi connectivity index (χ1v) is 10.4. The summed E-state index contributed by atoms with van der Waals surface area (Å²) in [5.41, 5.74) is 3.65. The number of hydrogen-bond acceptors (Lipinski definition) is 5. The highest BCUT2D eigenvalue weighted by atomic mass is 16.3. The van der Waals surface area contributed by atoms with E-state index in [9.17, 15) is 15.0 Å². The summed E-state index contributed by atoms with van der Waals surface area (Å²) in [7, 11) is 7.91. The van der Waals surface area contributed by atoms with Gasteiger partial charge in [-0.05, 0) is 76.4 Å². The van der Waals surface area contributed by atoms with E-state index in [0.717, 1.165) is 29.4 Å². The molecule has 3 N–H and O–H groups in total. The number of fused-ring (bicyclic) bond motifs is 2. The molecule has 1 amide bonds. The number of phenolic OH excluding ortho intramolecular Hbond substituents is 2. The summed E-state index contributed by atoms with van der Waals surface area (Å²) in [6.45, 7) is 1.56. The van der Waals surface area contributed by atoms with E-state index in [1.165, 1.54) is 0 Å². The molecule has 0 aliphatic carbocycles. The molecule has 4 rings (SSSR count). The van der Waals surface area contributed by atoms with Gasteiger partial charge in [0.2, 0.25) is 0 Å². The molecular weight excluding hydrogens is 392 g/mol. The number of phenols is 2. The monoisotopic (exact) mass is 420 g/mol. The Morgan fingerprint density at radius 3 is 2.42 bits per heavy atom. The zero-order chi connectivity index (χ0) is 22.3. The first kappa shape index (κ1) is 21.1. The van der Waals surface area contributed by atoms with Gasteiger partial charge >= 0.3 is 0 Å². The molecule has 162 valence electrons. The normalized spacial score (nSPS) is 13.5. The fourth-order valence-electron chi connectivity index (χ4n) is 4.06. The van der Waals surface area contributed by atoms with Crippen molar-refractivity contribution in [2.24, 2.45) is 4.99 Å². The molecule has 0 radical (unpaired) electrons. The Labute approximate surface area is 180 Å². The fraction of sp³-hybridized carbons (Fsp3) is 0.333. The van der Waals surface area contributed by atoms with Crippen LogP contribution in [-0.4, -0.2) is 72.2 Å². The summed E-state index contributed by atoms with van der Waals surface area (Å²) < 4.78 is 0. The van der Waals surface area contributed by atoms with Crippen LogP contribution in [0.3, 0.4) is 0 Å². The quantitative estimate of drug-likeness (QED) is 0.540. The Bertz CT molecular complexity index is 1290. The number of likely N-dealkylation sites (N-methyl/N-ethyl adjacent to an activating group) is 1. The zero-order valence-electron chi connectivity index (χ0n) is 18.4. The molecule has 2 aromatic carbocycles. The summed E-state index contributed by atoms with van der Waals surface area (Å²) in [5.74, 6) is -0.133. The summed E-state index contributed by atoms with van der Waals surface area (Å²) in [4.78, 5) is 23.9. The Morgan fingerprint density at radius 1 is 1.00 bits per heavy atom. The first-order chi connectivity index (χ1) is 14.8. The summed E-state index contributed by atoms with van der Waals surface area (Å²) >= 11 is 0. The molecular formula is C24H28N4O3. The highest BCUT2D eigenvalue weighted by Gasteiger charge is 2.21. The standard InChI is InChI=1S/C24H28N4O3/c1-27(2)9-7-14-13-25-18-6-5-16(23(30)21(14)18)15-11-19-22(20(29)12-15)17(24(31)26-19)8-10-28(3)4/h5-6,11-13,25,29-30H,7-10H2,1-4H3. The summed E-state index contributed by atoms with van der Waals surface area (Å²) in [6.07, 6.45) is 3.25. The molecule has 0 saturated heterocycles. The van der Waals surface area contributed by atoms with E-state index in [0.29, 0.717) is 40.2 Å². The van der Waals surface area contributed by atoms with Crippen LogP contribution >= 0.6 is 0 Å². The van der Waals surface area contributed by atoms with Crippen molar-refractivity contribution in [3.63, 3.8) is 0 Å². The van der Waals surface area contributed by atoms with Crippen molar-refractivity contribution < 1.29 is 15.0 Å². The van der Waals surface area contributed by atoms with Crippen LogP contribution in [0.25, 0.3) is 27.6 Å². The van der Waals surface area contributed by atoms with Crippen LogP contribution in [0.4, 0.5) is 0 Å². The van der Waals surface area contributed by atoms with Crippen LogP contribution < -0.4 is 10.6 Å². The fourth-order valence-corrected chi connectivity index (χ4v) is 4.06. The predicted octanol–water partition coefficient (Wildman–Crippen LogP) is 1.61. The SMILES string of the molecule is CN(C)CCC1=c2c(O)cc(-c3ccc4[nH]cc(CCN(C)C)c4c3O)cc2=NC1=O. The lowest BCUT2D eigenvalue weighted by Gasteiger charge is -2.11. The summed E-state index contributed by atoms with van der Waals surface area (Å²) in [6, 6.07) is 7.11. The van der Waals surface area contributed by atoms with E-state index in [1.807, 2.05) is 51.4 Å². The maximum absolute atomic E-state index is 12.4. The minimum absolute atomic E-state index is 0.0113. The highest BCUT2D eigenvalue weighted by Crippen LogP contribution is 2.38. The maximum Gasteiger partial charge on any atom is 0.274 e. The van der Waals surface area contributed by atoms with E-state index in [2.05, 4.69) is 14.9 Å². The largest absolute Gasteiger partial charge is 0.507 e. The van der Waals surface area contributed by atoms with Crippen molar-refractivity contribution in [2.75, 3.05) is 41.3 Å². The van der Waals surface area contributed by atoms with E-state index in [1.54, 1.807) is 12.1 Å². The minimum Gasteiger partial charge on any atom is -0.507 e. The van der Waals surface area contributed by atoms with Gasteiger partial charge in [0.15, 0.2) is 0 Å². The third-order valence-electron chi connectivity index (χ3n) is 5.73. The van der Waals surface area contributed by atoms with Gasteiger partial charge in [-0.1, -0.05) is 0 Å². The number of aromatic hydroxyl groups is 2. The molecule has 0 saturated carbocycles. The van der Waals surface area contributed by atoms with Crippen molar-refractivity contribution in [3.05, 3.63) is 46.6 Å². The van der Waals surface area contributed by atoms with Crippen LogP contribution in [0.1, 0.15) is 12.0 Å². The van der Waals surface area contributed by atoms with Gasteiger partial charge < -0.3 is 25.0 Å². The molecule has 0 bridgehead atoms. The predicted molar refractivity (Wildman–Crippen MR) is 122 cm³/mol. The van der Waals surface area contributed by atoms with Gasteiger partial charge in [-0.3, -0.25) is 4.79 Å². The lowest BCUT2D eigenvalue weighted by molar-refractivity contribution is -0.112. The highest BCUT2D eigenvalue weighted by molar-refractivity contribution is 6.15. The second-order valence-electron chi connectivity index (χ2n) is 8.59. The van der Waals surface area contributed by atoms with Crippen LogP contribution in [-0.2, 0) is 11.2 Å². The van der Waals surface area contributed by atoms with E-state index in [-0.39, 0.29) is 17.4 Å². The molecule has 0 unspecified atom stereocenters. The van der Waals surface area contributed by atoms with Gasteiger partial charge in [0.1, 0.15) is 11.5 Å². The van der Waals surface area contributed by atoms with Crippen molar-refractivity contribution in [2.45, 2.75) is 12.8 Å². The van der Waals surface area contributed by atoms with E-state index >= 15 is 0 Å². The van der Waals surface area contributed by atoms with Crippen molar-refractivity contribution in [1.29, 1.82) is 0 Å². The van der Waals surface area contributed by atoms with Crippen LogP contribution in [0.2, 0.25) is 0 Å². The molecule has 2 heterocycles. The molecule has 7 heteroatoms. The summed E-state index contributed by atoms with van der Waals surface area (Å²) in [5, 5.41) is 23.6. The van der Waals surface area contributed by atoms with Gasteiger partial charge in [0.25, 0.3) is 5.91 Å². The molecule has 0 atom stereocenters. The number of nitrogens with zero attached hydrogens (tertiary/aromatic N) is 3. The van der Waals surface area contributed by atoms with Gasteiger partial charge in [0.05, 0.1) is 10.6 Å². The lowest BCUT2D eigenvalue weighted by Crippen LogP contribution is -2.25. The number of carbonyl (C=O) groups is 1. The average Bonchev–Trinajstić information content (AvgIpc) is 3.25. The number of rotatable bonds is 7. The smallest absolute Gasteiger partial charge is 0.274 e. The number of benzene rings is 2. The van der Waals surface area contributed by atoms with E-state index < -0.39 is 0 Å². The van der Waals surface area contributed by atoms with Gasteiger partial charge in [-0.2, -0.15) is 0 Å². The Kier molecular flexibility index (Phi) is 5.56. The molecule has 1 aromatic heterocycles. The van der Waals surface area contributed by atoms with Crippen LogP contribution in [0.5, 0.6) is 11.5 Å². The number of hydrogen-bond donors (Lipinski definition) is 3. The molecule has 0 fully saturated rings. The topological polar surface area (TPSA) is 92.2 Å². The Balaban J connectivity index is 1.81. The Morgan fingerprint density at radius 2 is 1.71 bits per heavy atom. The molecule has 0 spiro atoms. The number of amides is 1. The van der Waals surface area contributed by atoms with Gasteiger partial charge in [0, 0.05) is 41.3 Å². The number of aromatic nitrogens is 1. The number of H-pyrrole nitrogens is 1. The number of nitrogens with one attached hydrogen (secondary N) is 1. The second-order valence-corrected chi connectivity index (χ2v) is 8.59. The van der Waals surface area contributed by atoms with Crippen molar-refractivity contribution in [1.82, 2.24) is 14.8 Å². The third kappa shape index (κ3) is 3.94. The van der Waals surface area contributed by atoms with Crippen LogP contribution in [0.15, 0.2) is 35.5 Å². The van der Waals surface area contributed by atoms with Crippen LogP contribution in [0, 0.1) is 0 Å². The zero-order valence-corrected chi connectivity index (χ0v) is 18.4. The van der Waals surface area contributed by atoms with Crippen molar-refractivity contribution >= 4 is 22.4 Å². The first-order valence-electron chi connectivity index (χ1n) is 10.4.